The van der Waals surface area contributed by atoms with Crippen LogP contribution in [0.1, 0.15) is 5.56 Å². The summed E-state index contributed by atoms with van der Waals surface area (Å²) >= 11 is 17.2. The number of nitrogens with one attached hydrogen (secondary N) is 1. The van der Waals surface area contributed by atoms with Crippen molar-refractivity contribution in [3.8, 4) is 11.4 Å². The summed E-state index contributed by atoms with van der Waals surface area (Å²) in [5, 5.41) is 7.98. The van der Waals surface area contributed by atoms with Gasteiger partial charge < -0.3 is 10.1 Å². The molecule has 1 N–H and O–H groups in total. The number of nitrogens with zero attached hydrogens (tertiary/aromatic N) is 2. The summed E-state index contributed by atoms with van der Waals surface area (Å²) in [5.74, 6) is -0.423. The Kier molecular flexibility index (Phi) is 7.08. The fourth-order valence-electron chi connectivity index (χ4n) is 3.40. The molecule has 0 aliphatic rings. The van der Waals surface area contributed by atoms with Crippen LogP contribution < -0.4 is 10.1 Å². The average Bonchev–Trinajstić information content (AvgIpc) is 3.21. The minimum Gasteiger partial charge on any atom is -0.491 e. The lowest BCUT2D eigenvalue weighted by Gasteiger charge is -2.22. The lowest BCUT2D eigenvalue weighted by molar-refractivity contribution is -0.121. The molecule has 1 aromatic heterocycles. The molecule has 4 rings (SSSR count). The maximum atomic E-state index is 13.2. The van der Waals surface area contributed by atoms with Crippen LogP contribution in [0, 0.1) is 5.82 Å². The summed E-state index contributed by atoms with van der Waals surface area (Å²) < 4.78 is 18.8. The summed E-state index contributed by atoms with van der Waals surface area (Å²) in [5.41, 5.74) is 2.60. The third-order valence-electron chi connectivity index (χ3n) is 4.98. The first kappa shape index (κ1) is 23.4. The van der Waals surface area contributed by atoms with Gasteiger partial charge in [-0.15, -0.1) is 0 Å². The first-order valence-corrected chi connectivity index (χ1v) is 11.2. The Morgan fingerprint density at radius 3 is 2.48 bits per heavy atom. The van der Waals surface area contributed by atoms with Crippen LogP contribution in [0.4, 0.5) is 4.39 Å². The van der Waals surface area contributed by atoms with Gasteiger partial charge in [-0.1, -0.05) is 65.1 Å². The second kappa shape index (κ2) is 10.00. The predicted molar refractivity (Wildman–Crippen MR) is 129 cm³/mol. The molecule has 0 saturated carbocycles. The zero-order chi connectivity index (χ0) is 23.4. The van der Waals surface area contributed by atoms with Crippen LogP contribution in [-0.2, 0) is 11.2 Å². The molecule has 0 radical (unpaired) electrons. The molecule has 0 aliphatic carbocycles. The maximum absolute atomic E-state index is 13.2. The van der Waals surface area contributed by atoms with Crippen molar-refractivity contribution >= 4 is 51.6 Å². The van der Waals surface area contributed by atoms with E-state index in [2.05, 4.69) is 10.4 Å². The standard InChI is InChI=1S/C24H19Cl3FN3O2/c25-24(26,27)23(32)30-19(12-16-4-2-1-3-5-16)15-33-21-10-11-22-17(13-21)14-29-31(22)20-8-6-18(28)7-9-20/h1-11,13-14,19H,12,15H2,(H,30,32). The Bertz CT molecular complexity index is 1240. The molecule has 0 aliphatic heterocycles. The molecule has 1 unspecified atom stereocenters. The van der Waals surface area contributed by atoms with Crippen molar-refractivity contribution in [2.24, 2.45) is 0 Å². The molecule has 0 bridgehead atoms. The van der Waals surface area contributed by atoms with Crippen LogP contribution >= 0.6 is 34.8 Å². The Hall–Kier alpha value is -2.80. The lowest BCUT2D eigenvalue weighted by atomic mass is 10.1. The molecule has 1 heterocycles. The van der Waals surface area contributed by atoms with Crippen molar-refractivity contribution in [1.82, 2.24) is 15.1 Å². The van der Waals surface area contributed by atoms with Crippen molar-refractivity contribution in [2.75, 3.05) is 6.61 Å². The highest BCUT2D eigenvalue weighted by atomic mass is 35.6. The number of carbonyl (C=O) groups excluding carboxylic acids is 1. The van der Waals surface area contributed by atoms with Gasteiger partial charge in [0.05, 0.1) is 23.4 Å². The number of alkyl halides is 3. The SMILES string of the molecule is O=C(NC(COc1ccc2c(cnn2-c2ccc(F)cc2)c1)Cc1ccccc1)C(Cl)(Cl)Cl. The summed E-state index contributed by atoms with van der Waals surface area (Å²) in [6, 6.07) is 20.8. The molecule has 170 valence electrons. The topological polar surface area (TPSA) is 56.1 Å². The van der Waals surface area contributed by atoms with Gasteiger partial charge in [-0.05, 0) is 54.4 Å². The van der Waals surface area contributed by atoms with Crippen LogP contribution in [0.3, 0.4) is 0 Å². The van der Waals surface area contributed by atoms with E-state index in [1.54, 1.807) is 29.1 Å². The van der Waals surface area contributed by atoms with Gasteiger partial charge in [0, 0.05) is 5.39 Å². The first-order valence-electron chi connectivity index (χ1n) is 10.1. The van der Waals surface area contributed by atoms with Crippen molar-refractivity contribution < 1.29 is 13.9 Å². The second-order valence-corrected chi connectivity index (χ2v) is 9.70. The van der Waals surface area contributed by atoms with Crippen molar-refractivity contribution in [3.05, 3.63) is 90.4 Å². The van der Waals surface area contributed by atoms with Crippen LogP contribution in [0.5, 0.6) is 5.75 Å². The van der Waals surface area contributed by atoms with Gasteiger partial charge in [0.25, 0.3) is 9.70 Å². The van der Waals surface area contributed by atoms with E-state index in [0.717, 1.165) is 22.2 Å². The molecule has 33 heavy (non-hydrogen) atoms. The summed E-state index contributed by atoms with van der Waals surface area (Å²) in [4.78, 5) is 12.2. The summed E-state index contributed by atoms with van der Waals surface area (Å²) in [6.45, 7) is 0.166. The largest absolute Gasteiger partial charge is 0.491 e. The van der Waals surface area contributed by atoms with E-state index in [9.17, 15) is 9.18 Å². The van der Waals surface area contributed by atoms with Crippen molar-refractivity contribution in [1.29, 1.82) is 0 Å². The number of hydrogen-bond acceptors (Lipinski definition) is 3. The van der Waals surface area contributed by atoms with E-state index in [-0.39, 0.29) is 12.4 Å². The number of carbonyl (C=O) groups is 1. The fraction of sp³-hybridized carbons (Fsp3) is 0.167. The van der Waals surface area contributed by atoms with Crippen LogP contribution in [0.25, 0.3) is 16.6 Å². The van der Waals surface area contributed by atoms with E-state index in [4.69, 9.17) is 39.5 Å². The maximum Gasteiger partial charge on any atom is 0.272 e. The highest BCUT2D eigenvalue weighted by Crippen LogP contribution is 2.27. The molecule has 5 nitrogen and oxygen atoms in total. The lowest BCUT2D eigenvalue weighted by Crippen LogP contribution is -2.45. The number of halogens is 4. The highest BCUT2D eigenvalue weighted by molar-refractivity contribution is 6.76. The Balaban J connectivity index is 1.50. The zero-order valence-corrected chi connectivity index (χ0v) is 19.5. The van der Waals surface area contributed by atoms with Crippen LogP contribution in [0.15, 0.2) is 79.0 Å². The Labute approximate surface area is 205 Å². The molecular weight excluding hydrogens is 488 g/mol. The van der Waals surface area contributed by atoms with E-state index in [0.29, 0.717) is 12.2 Å². The smallest absolute Gasteiger partial charge is 0.272 e. The molecule has 0 spiro atoms. The number of rotatable bonds is 7. The second-order valence-electron chi connectivity index (χ2n) is 7.42. The molecule has 0 saturated heterocycles. The third-order valence-corrected chi connectivity index (χ3v) is 5.49. The zero-order valence-electron chi connectivity index (χ0n) is 17.2. The molecule has 4 aromatic rings. The fourth-order valence-corrected chi connectivity index (χ4v) is 3.57. The van der Waals surface area contributed by atoms with Gasteiger partial charge in [-0.2, -0.15) is 5.10 Å². The molecule has 1 atom stereocenters. The van der Waals surface area contributed by atoms with Gasteiger partial charge in [-0.25, -0.2) is 9.07 Å². The van der Waals surface area contributed by atoms with Crippen LogP contribution in [-0.4, -0.2) is 32.1 Å². The van der Waals surface area contributed by atoms with E-state index < -0.39 is 15.7 Å². The highest BCUT2D eigenvalue weighted by Gasteiger charge is 2.32. The number of benzene rings is 3. The third kappa shape index (κ3) is 5.96. The van der Waals surface area contributed by atoms with Crippen molar-refractivity contribution in [3.63, 3.8) is 0 Å². The van der Waals surface area contributed by atoms with Gasteiger partial charge in [0.15, 0.2) is 0 Å². The number of ether oxygens (including phenoxy) is 1. The minimum atomic E-state index is -2.07. The Morgan fingerprint density at radius 2 is 1.79 bits per heavy atom. The average molecular weight is 507 g/mol. The van der Waals surface area contributed by atoms with Gasteiger partial charge in [0.2, 0.25) is 0 Å². The first-order chi connectivity index (χ1) is 15.8. The number of fused-ring (bicyclic) bond motifs is 1. The monoisotopic (exact) mass is 505 g/mol. The Morgan fingerprint density at radius 1 is 1.06 bits per heavy atom. The minimum absolute atomic E-state index is 0.166. The van der Waals surface area contributed by atoms with Crippen molar-refractivity contribution in [2.45, 2.75) is 16.3 Å². The summed E-state index contributed by atoms with van der Waals surface area (Å²) in [7, 11) is 0. The summed E-state index contributed by atoms with van der Waals surface area (Å²) in [6.07, 6.45) is 2.20. The number of amides is 1. The number of hydrogen-bond donors (Lipinski definition) is 1. The quantitative estimate of drug-likeness (QED) is 0.330. The van der Waals surface area contributed by atoms with Gasteiger partial charge in [-0.3, -0.25) is 4.79 Å². The van der Waals surface area contributed by atoms with E-state index in [1.807, 2.05) is 42.5 Å². The van der Waals surface area contributed by atoms with E-state index in [1.165, 1.54) is 12.1 Å². The number of aromatic nitrogens is 2. The molecule has 1 amide bonds. The molecule has 9 heteroatoms. The van der Waals surface area contributed by atoms with Gasteiger partial charge in [0.1, 0.15) is 18.2 Å². The normalized spacial score (nSPS) is 12.5. The van der Waals surface area contributed by atoms with E-state index >= 15 is 0 Å². The van der Waals surface area contributed by atoms with Gasteiger partial charge >= 0.3 is 0 Å². The molecular formula is C24H19Cl3FN3O2. The van der Waals surface area contributed by atoms with Crippen LogP contribution in [0.2, 0.25) is 0 Å². The predicted octanol–water partition coefficient (Wildman–Crippen LogP) is 5.64. The molecule has 0 fully saturated rings. The molecule has 3 aromatic carbocycles.